The van der Waals surface area contributed by atoms with Crippen molar-refractivity contribution in [3.63, 3.8) is 0 Å². The largest absolute Gasteiger partial charge is 0.369 e. The van der Waals surface area contributed by atoms with Gasteiger partial charge in [-0.2, -0.15) is 0 Å². The predicted octanol–water partition coefficient (Wildman–Crippen LogP) is 3.87. The molecule has 0 aliphatic heterocycles. The van der Waals surface area contributed by atoms with Crippen LogP contribution in [0, 0.1) is 0 Å². The number of halogens is 2. The Hall–Kier alpha value is -2.74. The van der Waals surface area contributed by atoms with Gasteiger partial charge in [0.15, 0.2) is 0 Å². The Labute approximate surface area is 165 Å². The molecular formula is C18H14Cl2N6O. The van der Waals surface area contributed by atoms with Gasteiger partial charge in [-0.25, -0.2) is 9.36 Å². The van der Waals surface area contributed by atoms with E-state index in [1.807, 2.05) is 36.7 Å². The first-order chi connectivity index (χ1) is 13.2. The molecule has 4 rings (SSSR count). The third-order valence-electron chi connectivity index (χ3n) is 3.76. The normalized spacial score (nSPS) is 11.0. The second-order valence-electron chi connectivity index (χ2n) is 5.75. The molecule has 2 aromatic carbocycles. The predicted molar refractivity (Wildman–Crippen MR) is 101 cm³/mol. The second kappa shape index (κ2) is 7.87. The fourth-order valence-electron chi connectivity index (χ4n) is 2.43. The molecule has 0 bridgehead atoms. The minimum absolute atomic E-state index is 0.321. The lowest BCUT2D eigenvalue weighted by atomic mass is 10.3. The molecule has 0 aliphatic rings. The van der Waals surface area contributed by atoms with Crippen molar-refractivity contribution in [2.75, 3.05) is 0 Å². The molecule has 0 atom stereocenters. The molecule has 27 heavy (non-hydrogen) atoms. The minimum Gasteiger partial charge on any atom is -0.369 e. The summed E-state index contributed by atoms with van der Waals surface area (Å²) in [5.74, 6) is 0. The Morgan fingerprint density at radius 2 is 1.07 bits per heavy atom. The van der Waals surface area contributed by atoms with Crippen molar-refractivity contribution in [3.05, 3.63) is 82.4 Å². The number of ether oxygens (including phenoxy) is 1. The van der Waals surface area contributed by atoms with Crippen molar-refractivity contribution >= 4 is 23.2 Å². The fourth-order valence-corrected chi connectivity index (χ4v) is 2.68. The number of rotatable bonds is 6. The van der Waals surface area contributed by atoms with Gasteiger partial charge in [-0.05, 0) is 48.5 Å². The molecule has 0 amide bonds. The molecule has 0 saturated heterocycles. The van der Waals surface area contributed by atoms with Crippen molar-refractivity contribution in [2.24, 2.45) is 0 Å². The standard InChI is InChI=1S/C18H14Cl2N6O/c19-13-1-5-17(6-2-13)25-9-15(21-23-25)11-27-12-16-10-26(24-22-16)18-7-3-14(20)4-8-18/h1-10H,11-12H2. The summed E-state index contributed by atoms with van der Waals surface area (Å²) in [6.07, 6.45) is 3.63. The molecule has 136 valence electrons. The minimum atomic E-state index is 0.321. The van der Waals surface area contributed by atoms with Crippen LogP contribution in [0.25, 0.3) is 11.4 Å². The zero-order valence-corrected chi connectivity index (χ0v) is 15.5. The summed E-state index contributed by atoms with van der Waals surface area (Å²) < 4.78 is 9.01. The van der Waals surface area contributed by atoms with Crippen LogP contribution >= 0.6 is 23.2 Å². The highest BCUT2D eigenvalue weighted by atomic mass is 35.5. The lowest BCUT2D eigenvalue weighted by Gasteiger charge is -2.00. The van der Waals surface area contributed by atoms with Crippen LogP contribution in [0.1, 0.15) is 11.4 Å². The Morgan fingerprint density at radius 3 is 1.48 bits per heavy atom. The number of hydrogen-bond donors (Lipinski definition) is 0. The lowest BCUT2D eigenvalue weighted by Crippen LogP contribution is -1.95. The Kier molecular flexibility index (Phi) is 5.15. The summed E-state index contributed by atoms with van der Waals surface area (Å²) in [4.78, 5) is 0. The van der Waals surface area contributed by atoms with E-state index in [0.29, 0.717) is 23.3 Å². The zero-order valence-electron chi connectivity index (χ0n) is 14.0. The van der Waals surface area contributed by atoms with E-state index in [0.717, 1.165) is 22.8 Å². The summed E-state index contributed by atoms with van der Waals surface area (Å²) in [5.41, 5.74) is 3.19. The molecule has 0 unspecified atom stereocenters. The van der Waals surface area contributed by atoms with Gasteiger partial charge < -0.3 is 4.74 Å². The number of aromatic nitrogens is 6. The highest BCUT2D eigenvalue weighted by Crippen LogP contribution is 2.14. The molecule has 4 aromatic rings. The van der Waals surface area contributed by atoms with Crippen LogP contribution in [0.4, 0.5) is 0 Å². The number of benzene rings is 2. The van der Waals surface area contributed by atoms with E-state index < -0.39 is 0 Å². The molecule has 0 N–H and O–H groups in total. The highest BCUT2D eigenvalue weighted by Gasteiger charge is 2.06. The molecular weight excluding hydrogens is 387 g/mol. The fraction of sp³-hybridized carbons (Fsp3) is 0.111. The van der Waals surface area contributed by atoms with Crippen LogP contribution in [0.15, 0.2) is 60.9 Å². The molecule has 7 nitrogen and oxygen atoms in total. The SMILES string of the molecule is Clc1ccc(-n2cc(COCc3cn(-c4ccc(Cl)cc4)nn3)nn2)cc1. The second-order valence-corrected chi connectivity index (χ2v) is 6.63. The van der Waals surface area contributed by atoms with Crippen molar-refractivity contribution < 1.29 is 4.74 Å². The first kappa shape index (κ1) is 17.7. The summed E-state index contributed by atoms with van der Waals surface area (Å²) in [6.45, 7) is 0.642. The van der Waals surface area contributed by atoms with E-state index in [9.17, 15) is 0 Å². The van der Waals surface area contributed by atoms with E-state index in [1.165, 1.54) is 0 Å². The van der Waals surface area contributed by atoms with Gasteiger partial charge in [0.25, 0.3) is 0 Å². The average molecular weight is 401 g/mol. The number of nitrogens with zero attached hydrogens (tertiary/aromatic N) is 6. The first-order valence-corrected chi connectivity index (χ1v) is 8.85. The van der Waals surface area contributed by atoms with Crippen LogP contribution in [0.5, 0.6) is 0 Å². The summed E-state index contributed by atoms with van der Waals surface area (Å²) in [5, 5.41) is 17.8. The Bertz CT molecular complexity index is 943. The third-order valence-corrected chi connectivity index (χ3v) is 4.27. The van der Waals surface area contributed by atoms with Crippen molar-refractivity contribution in [1.82, 2.24) is 30.0 Å². The smallest absolute Gasteiger partial charge is 0.109 e. The maximum Gasteiger partial charge on any atom is 0.109 e. The van der Waals surface area contributed by atoms with Crippen molar-refractivity contribution in [2.45, 2.75) is 13.2 Å². The van der Waals surface area contributed by atoms with Gasteiger partial charge in [0, 0.05) is 10.0 Å². The molecule has 0 saturated carbocycles. The van der Waals surface area contributed by atoms with Crippen LogP contribution in [0.3, 0.4) is 0 Å². The first-order valence-electron chi connectivity index (χ1n) is 8.09. The van der Waals surface area contributed by atoms with Gasteiger partial charge >= 0.3 is 0 Å². The summed E-state index contributed by atoms with van der Waals surface area (Å²) >= 11 is 11.8. The monoisotopic (exact) mass is 400 g/mol. The van der Waals surface area contributed by atoms with E-state index >= 15 is 0 Å². The van der Waals surface area contributed by atoms with E-state index in [-0.39, 0.29) is 0 Å². The molecule has 0 spiro atoms. The van der Waals surface area contributed by atoms with Crippen molar-refractivity contribution in [3.8, 4) is 11.4 Å². The molecule has 0 aliphatic carbocycles. The van der Waals surface area contributed by atoms with E-state index in [2.05, 4.69) is 20.6 Å². The van der Waals surface area contributed by atoms with Crippen LogP contribution in [-0.4, -0.2) is 30.0 Å². The quantitative estimate of drug-likeness (QED) is 0.491. The Morgan fingerprint density at radius 1 is 0.667 bits per heavy atom. The van der Waals surface area contributed by atoms with Crippen molar-refractivity contribution in [1.29, 1.82) is 0 Å². The summed E-state index contributed by atoms with van der Waals surface area (Å²) in [6, 6.07) is 14.7. The van der Waals surface area contributed by atoms with Crippen LogP contribution in [0.2, 0.25) is 10.0 Å². The highest BCUT2D eigenvalue weighted by molar-refractivity contribution is 6.30. The van der Waals surface area contributed by atoms with Gasteiger partial charge in [0.2, 0.25) is 0 Å². The molecule has 2 heterocycles. The van der Waals surface area contributed by atoms with Crippen LogP contribution in [-0.2, 0) is 18.0 Å². The van der Waals surface area contributed by atoms with Gasteiger partial charge in [-0.15, -0.1) is 10.2 Å². The van der Waals surface area contributed by atoms with E-state index in [4.69, 9.17) is 27.9 Å². The molecule has 2 aromatic heterocycles. The maximum atomic E-state index is 5.89. The third kappa shape index (κ3) is 4.33. The van der Waals surface area contributed by atoms with Gasteiger partial charge in [0.05, 0.1) is 37.0 Å². The van der Waals surface area contributed by atoms with E-state index in [1.54, 1.807) is 33.6 Å². The van der Waals surface area contributed by atoms with Gasteiger partial charge in [0.1, 0.15) is 11.4 Å². The molecule has 0 radical (unpaired) electrons. The molecule has 9 heteroatoms. The summed E-state index contributed by atoms with van der Waals surface area (Å²) in [7, 11) is 0. The van der Waals surface area contributed by atoms with Gasteiger partial charge in [-0.1, -0.05) is 33.6 Å². The average Bonchev–Trinajstić information content (AvgIpc) is 3.33. The topological polar surface area (TPSA) is 70.7 Å². The van der Waals surface area contributed by atoms with Gasteiger partial charge in [-0.3, -0.25) is 0 Å². The zero-order chi connectivity index (χ0) is 18.6. The van der Waals surface area contributed by atoms with Crippen LogP contribution < -0.4 is 0 Å². The lowest BCUT2D eigenvalue weighted by molar-refractivity contribution is 0.102. The Balaban J connectivity index is 1.34. The molecule has 0 fully saturated rings. The maximum absolute atomic E-state index is 5.89. The number of hydrogen-bond acceptors (Lipinski definition) is 5.